The first-order valence-electron chi connectivity index (χ1n) is 4.19. The van der Waals surface area contributed by atoms with Crippen LogP contribution in [0.15, 0.2) is 0 Å². The van der Waals surface area contributed by atoms with Crippen molar-refractivity contribution < 1.29 is 9.46 Å². The highest BCUT2D eigenvalue weighted by Gasteiger charge is 2.41. The first kappa shape index (κ1) is 9.15. The van der Waals surface area contributed by atoms with E-state index in [-0.39, 0.29) is 0 Å². The summed E-state index contributed by atoms with van der Waals surface area (Å²) in [6.45, 7) is 4.00. The van der Waals surface area contributed by atoms with E-state index >= 15 is 0 Å². The third-order valence-corrected chi connectivity index (χ3v) is 3.93. The summed E-state index contributed by atoms with van der Waals surface area (Å²) >= 11 is 0. The van der Waals surface area contributed by atoms with E-state index in [1.807, 2.05) is 6.92 Å². The van der Waals surface area contributed by atoms with Crippen molar-refractivity contribution in [1.82, 2.24) is 0 Å². The fourth-order valence-corrected chi connectivity index (χ4v) is 2.75. The molecule has 1 saturated carbocycles. The predicted octanol–water partition coefficient (Wildman–Crippen LogP) is 2.06. The zero-order valence-corrected chi connectivity index (χ0v) is 8.06. The van der Waals surface area contributed by atoms with Gasteiger partial charge in [0.1, 0.15) is 0 Å². The lowest BCUT2D eigenvalue weighted by atomic mass is 9.83. The highest BCUT2D eigenvalue weighted by molar-refractivity contribution is 7.38. The molecule has 3 heteroatoms. The summed E-state index contributed by atoms with van der Waals surface area (Å²) in [7, 11) is -2.23. The van der Waals surface area contributed by atoms with Crippen LogP contribution in [0.3, 0.4) is 0 Å². The van der Waals surface area contributed by atoms with E-state index in [4.69, 9.17) is 0 Å². The minimum absolute atomic E-state index is 0.396. The van der Waals surface area contributed by atoms with Gasteiger partial charge in [-0.25, -0.2) is 0 Å². The minimum atomic E-state index is -2.23. The van der Waals surface area contributed by atoms with E-state index in [0.717, 1.165) is 19.3 Å². The summed E-state index contributed by atoms with van der Waals surface area (Å²) in [5, 5.41) is -0.396. The van der Waals surface area contributed by atoms with Gasteiger partial charge in [-0.05, 0) is 32.1 Å². The Labute approximate surface area is 68.9 Å². The first-order chi connectivity index (χ1) is 5.04. The summed E-state index contributed by atoms with van der Waals surface area (Å²) in [5.41, 5.74) is 0. The maximum Gasteiger partial charge on any atom is 0.314 e. The molecule has 1 aliphatic rings. The Kier molecular flexibility index (Phi) is 2.66. The summed E-state index contributed by atoms with van der Waals surface area (Å²) in [5.74, 6) is 0.585. The molecular formula is C8H15O2P. The molecule has 0 amide bonds. The van der Waals surface area contributed by atoms with E-state index < -0.39 is 13.2 Å². The van der Waals surface area contributed by atoms with Gasteiger partial charge in [0, 0.05) is 0 Å². The molecule has 3 atom stereocenters. The summed E-state index contributed by atoms with van der Waals surface area (Å²) in [6, 6.07) is 0. The largest absolute Gasteiger partial charge is 0.595 e. The van der Waals surface area contributed by atoms with Crippen molar-refractivity contribution in [3.63, 3.8) is 0 Å². The van der Waals surface area contributed by atoms with Crippen LogP contribution < -0.4 is 4.89 Å². The molecule has 11 heavy (non-hydrogen) atoms. The van der Waals surface area contributed by atoms with Gasteiger partial charge in [-0.2, -0.15) is 0 Å². The summed E-state index contributed by atoms with van der Waals surface area (Å²) < 4.78 is 10.9. The Morgan fingerprint density at radius 1 is 1.64 bits per heavy atom. The molecule has 3 unspecified atom stereocenters. The maximum absolute atomic E-state index is 10.9. The maximum atomic E-state index is 10.9. The second-order valence-electron chi connectivity index (χ2n) is 3.96. The monoisotopic (exact) mass is 174 g/mol. The topological polar surface area (TPSA) is 40.1 Å². The lowest BCUT2D eigenvalue weighted by molar-refractivity contribution is -0.170. The van der Waals surface area contributed by atoms with Gasteiger partial charge in [-0.3, -0.25) is 0 Å². The second-order valence-corrected chi connectivity index (χ2v) is 5.55. The Balaban J connectivity index is 2.63. The molecule has 1 fully saturated rings. The molecule has 2 nitrogen and oxygen atoms in total. The van der Waals surface area contributed by atoms with Gasteiger partial charge >= 0.3 is 8.03 Å². The molecule has 1 aliphatic carbocycles. The van der Waals surface area contributed by atoms with E-state index in [2.05, 4.69) is 6.92 Å². The van der Waals surface area contributed by atoms with Crippen LogP contribution in [-0.2, 0) is 4.57 Å². The lowest BCUT2D eigenvalue weighted by Crippen LogP contribution is -2.30. The second kappa shape index (κ2) is 3.20. The van der Waals surface area contributed by atoms with E-state index in [1.165, 1.54) is 6.42 Å². The van der Waals surface area contributed by atoms with Crippen molar-refractivity contribution in [3.8, 4) is 0 Å². The van der Waals surface area contributed by atoms with E-state index in [0.29, 0.717) is 5.92 Å². The van der Waals surface area contributed by atoms with Gasteiger partial charge < -0.3 is 4.89 Å². The van der Waals surface area contributed by atoms with Crippen LogP contribution in [-0.4, -0.2) is 5.16 Å². The Morgan fingerprint density at radius 2 is 2.27 bits per heavy atom. The first-order valence-corrected chi connectivity index (χ1v) is 5.37. The highest BCUT2D eigenvalue weighted by atomic mass is 31.1. The molecule has 0 saturated heterocycles. The average Bonchev–Trinajstić information content (AvgIpc) is 1.86. The van der Waals surface area contributed by atoms with Crippen LogP contribution in [0.4, 0.5) is 0 Å². The molecule has 0 bridgehead atoms. The fourth-order valence-electron chi connectivity index (χ4n) is 1.95. The molecule has 64 valence electrons. The average molecular weight is 174 g/mol. The molecule has 0 aromatic carbocycles. The molecular weight excluding hydrogens is 159 g/mol. The van der Waals surface area contributed by atoms with Crippen molar-refractivity contribution in [1.29, 1.82) is 0 Å². The van der Waals surface area contributed by atoms with Gasteiger partial charge in [-0.15, -0.1) is 0 Å². The van der Waals surface area contributed by atoms with Crippen LogP contribution in [0.5, 0.6) is 0 Å². The van der Waals surface area contributed by atoms with Crippen LogP contribution in [0.1, 0.15) is 39.5 Å². The Morgan fingerprint density at radius 3 is 2.64 bits per heavy atom. The molecule has 0 aliphatic heterocycles. The highest BCUT2D eigenvalue weighted by Crippen LogP contribution is 2.45. The lowest BCUT2D eigenvalue weighted by Gasteiger charge is -2.29. The number of rotatable bonds is 1. The van der Waals surface area contributed by atoms with Gasteiger partial charge in [0.05, 0.1) is 0 Å². The van der Waals surface area contributed by atoms with Crippen LogP contribution in [0, 0.1) is 5.92 Å². The standard InChI is InChI=1S/C8H15O2P/c1-7-4-3-5-8(2,6-7)11(9)10/h7H,3-6H2,1-2H3. The third kappa shape index (κ3) is 2.00. The molecule has 0 aromatic rings. The third-order valence-electron chi connectivity index (χ3n) is 2.64. The van der Waals surface area contributed by atoms with Gasteiger partial charge in [0.2, 0.25) is 0 Å². The Hall–Kier alpha value is 0.0600. The Bertz CT molecular complexity index is 169. The number of hydrogen-bond donors (Lipinski definition) is 0. The minimum Gasteiger partial charge on any atom is -0.595 e. The quantitative estimate of drug-likeness (QED) is 0.571. The van der Waals surface area contributed by atoms with E-state index in [9.17, 15) is 9.46 Å². The molecule has 1 rings (SSSR count). The molecule has 0 spiro atoms. The molecule has 0 N–H and O–H groups in total. The zero-order chi connectivity index (χ0) is 8.48. The molecule has 0 aromatic heterocycles. The normalized spacial score (nSPS) is 40.3. The van der Waals surface area contributed by atoms with Gasteiger partial charge in [0.15, 0.2) is 5.16 Å². The SMILES string of the molecule is CC1CCCC(C)([P+](=O)[O-])C1. The van der Waals surface area contributed by atoms with Crippen molar-refractivity contribution >= 4 is 8.03 Å². The zero-order valence-electron chi connectivity index (χ0n) is 7.17. The van der Waals surface area contributed by atoms with Crippen LogP contribution in [0.2, 0.25) is 0 Å². The smallest absolute Gasteiger partial charge is 0.314 e. The molecule has 0 heterocycles. The predicted molar refractivity (Wildman–Crippen MR) is 43.6 cm³/mol. The fraction of sp³-hybridized carbons (Fsp3) is 1.00. The summed E-state index contributed by atoms with van der Waals surface area (Å²) in [4.78, 5) is 10.9. The molecule has 0 radical (unpaired) electrons. The number of hydrogen-bond acceptors (Lipinski definition) is 2. The van der Waals surface area contributed by atoms with E-state index in [1.54, 1.807) is 0 Å². The van der Waals surface area contributed by atoms with Crippen molar-refractivity contribution in [2.24, 2.45) is 5.92 Å². The summed E-state index contributed by atoms with van der Waals surface area (Å²) in [6.07, 6.45) is 3.97. The van der Waals surface area contributed by atoms with Gasteiger partial charge in [0.25, 0.3) is 0 Å². The van der Waals surface area contributed by atoms with Crippen LogP contribution in [0.25, 0.3) is 0 Å². The van der Waals surface area contributed by atoms with Crippen molar-refractivity contribution in [2.45, 2.75) is 44.7 Å². The van der Waals surface area contributed by atoms with Crippen molar-refractivity contribution in [3.05, 3.63) is 0 Å². The van der Waals surface area contributed by atoms with Gasteiger partial charge in [-0.1, -0.05) is 17.9 Å². The van der Waals surface area contributed by atoms with Crippen LogP contribution >= 0.6 is 8.03 Å². The van der Waals surface area contributed by atoms with Crippen molar-refractivity contribution in [2.75, 3.05) is 0 Å².